The van der Waals surface area contributed by atoms with Gasteiger partial charge in [-0.05, 0) is 17.7 Å². The van der Waals surface area contributed by atoms with Crippen molar-refractivity contribution in [3.8, 4) is 5.69 Å². The second-order valence-corrected chi connectivity index (χ2v) is 6.64. The summed E-state index contributed by atoms with van der Waals surface area (Å²) in [5.74, 6) is 0.165. The summed E-state index contributed by atoms with van der Waals surface area (Å²) in [5.41, 5.74) is 1.01. The van der Waals surface area contributed by atoms with Gasteiger partial charge in [0.15, 0.2) is 0 Å². The predicted molar refractivity (Wildman–Crippen MR) is 106 cm³/mol. The normalized spacial score (nSPS) is 11.0. The Hall–Kier alpha value is -4.02. The Balaban J connectivity index is 1.29. The van der Waals surface area contributed by atoms with E-state index in [2.05, 4.69) is 25.8 Å². The second kappa shape index (κ2) is 8.15. The summed E-state index contributed by atoms with van der Waals surface area (Å²) < 4.78 is 18.9. The van der Waals surface area contributed by atoms with Gasteiger partial charge in [-0.2, -0.15) is 0 Å². The number of hydrogen-bond acceptors (Lipinski definition) is 5. The Kier molecular flexibility index (Phi) is 5.24. The molecule has 0 atom stereocenters. The molecule has 0 saturated heterocycles. The van der Waals surface area contributed by atoms with Crippen molar-refractivity contribution in [1.29, 1.82) is 0 Å². The van der Waals surface area contributed by atoms with Gasteiger partial charge in [-0.1, -0.05) is 6.07 Å². The number of carbonyl (C=O) groups is 1. The fourth-order valence-corrected chi connectivity index (χ4v) is 2.99. The molecule has 4 aromatic rings. The number of nitrogens with one attached hydrogen (secondary N) is 2. The number of hydrogen-bond donors (Lipinski definition) is 2. The minimum Gasteiger partial charge on any atom is -0.338 e. The lowest BCUT2D eigenvalue weighted by atomic mass is 10.2. The van der Waals surface area contributed by atoms with Crippen molar-refractivity contribution in [1.82, 2.24) is 39.3 Å². The summed E-state index contributed by atoms with van der Waals surface area (Å²) in [6, 6.07) is 4.35. The van der Waals surface area contributed by atoms with Crippen LogP contribution in [0.15, 0.2) is 54.1 Å². The molecular formula is C19H19FN8O2. The lowest BCUT2D eigenvalue weighted by Crippen LogP contribution is -2.36. The minimum atomic E-state index is -0.405. The van der Waals surface area contributed by atoms with E-state index < -0.39 is 5.82 Å². The van der Waals surface area contributed by atoms with Crippen LogP contribution in [-0.2, 0) is 20.0 Å². The largest absolute Gasteiger partial charge is 0.338 e. The Bertz CT molecular complexity index is 1250. The maximum absolute atomic E-state index is 14.3. The summed E-state index contributed by atoms with van der Waals surface area (Å²) >= 11 is 0. The van der Waals surface area contributed by atoms with E-state index in [-0.39, 0.29) is 23.8 Å². The molecule has 0 spiro atoms. The van der Waals surface area contributed by atoms with Crippen LogP contribution in [0.3, 0.4) is 0 Å². The Morgan fingerprint density at radius 3 is 2.80 bits per heavy atom. The topological polar surface area (TPSA) is 111 Å². The van der Waals surface area contributed by atoms with Gasteiger partial charge in [0, 0.05) is 51.3 Å². The van der Waals surface area contributed by atoms with Crippen LogP contribution in [0.4, 0.5) is 9.18 Å². The molecule has 11 heteroatoms. The van der Waals surface area contributed by atoms with Crippen molar-refractivity contribution in [2.45, 2.75) is 13.0 Å². The third kappa shape index (κ3) is 3.90. The number of benzene rings is 1. The Morgan fingerprint density at radius 2 is 2.03 bits per heavy atom. The van der Waals surface area contributed by atoms with Crippen molar-refractivity contribution < 1.29 is 9.18 Å². The molecule has 2 amide bonds. The van der Waals surface area contributed by atoms with Crippen LogP contribution in [-0.4, -0.2) is 41.3 Å². The van der Waals surface area contributed by atoms with Crippen molar-refractivity contribution in [3.63, 3.8) is 0 Å². The monoisotopic (exact) mass is 410 g/mol. The number of halogens is 1. The van der Waals surface area contributed by atoms with Crippen LogP contribution < -0.4 is 16.2 Å². The fourth-order valence-electron chi connectivity index (χ4n) is 2.99. The quantitative estimate of drug-likeness (QED) is 0.488. The number of nitrogens with zero attached hydrogens (tertiary/aromatic N) is 6. The smallest absolute Gasteiger partial charge is 0.315 e. The Labute approximate surface area is 170 Å². The molecule has 3 heterocycles. The van der Waals surface area contributed by atoms with Crippen LogP contribution in [0.1, 0.15) is 11.4 Å². The van der Waals surface area contributed by atoms with E-state index in [1.165, 1.54) is 17.0 Å². The first-order valence-corrected chi connectivity index (χ1v) is 9.20. The minimum absolute atomic E-state index is 0.177. The van der Waals surface area contributed by atoms with Gasteiger partial charge < -0.3 is 19.8 Å². The zero-order chi connectivity index (χ0) is 21.1. The number of rotatable bonds is 6. The maximum atomic E-state index is 14.3. The summed E-state index contributed by atoms with van der Waals surface area (Å²) in [6.45, 7) is 0.479. The maximum Gasteiger partial charge on any atom is 0.315 e. The SMILES string of the molecule is Cn1ccn2c(CCNC(=O)NCc3ccc(-n4ccnc4)c(F)c3)nnc2c1=O. The van der Waals surface area contributed by atoms with Gasteiger partial charge in [-0.3, -0.25) is 9.20 Å². The first-order valence-electron chi connectivity index (χ1n) is 9.20. The number of amides is 2. The first-order chi connectivity index (χ1) is 14.5. The van der Waals surface area contributed by atoms with Crippen LogP contribution in [0.5, 0.6) is 0 Å². The molecular weight excluding hydrogens is 391 g/mol. The van der Waals surface area contributed by atoms with Crippen LogP contribution in [0, 0.1) is 5.82 Å². The summed E-state index contributed by atoms with van der Waals surface area (Å²) in [4.78, 5) is 27.9. The van der Waals surface area contributed by atoms with Gasteiger partial charge in [0.05, 0.1) is 12.0 Å². The molecule has 0 unspecified atom stereocenters. The van der Waals surface area contributed by atoms with Gasteiger partial charge in [0.2, 0.25) is 5.65 Å². The van der Waals surface area contributed by atoms with Crippen molar-refractivity contribution >= 4 is 11.7 Å². The fraction of sp³-hybridized carbons (Fsp3) is 0.211. The third-order valence-corrected chi connectivity index (χ3v) is 4.60. The van der Waals surface area contributed by atoms with Gasteiger partial charge in [0.1, 0.15) is 11.6 Å². The van der Waals surface area contributed by atoms with E-state index in [9.17, 15) is 14.0 Å². The zero-order valence-electron chi connectivity index (χ0n) is 16.1. The number of carbonyl (C=O) groups excluding carboxylic acids is 1. The highest BCUT2D eigenvalue weighted by Crippen LogP contribution is 2.14. The lowest BCUT2D eigenvalue weighted by Gasteiger charge is -2.09. The van der Waals surface area contributed by atoms with Crippen molar-refractivity contribution in [2.24, 2.45) is 7.05 Å². The van der Waals surface area contributed by atoms with Gasteiger partial charge in [0.25, 0.3) is 5.56 Å². The standard InChI is InChI=1S/C19H19FN8O2/c1-26-8-9-28-16(24-25-17(28)18(26)29)4-5-22-19(30)23-11-13-2-3-15(14(20)10-13)27-7-6-21-12-27/h2-3,6-10,12H,4-5,11H2,1H3,(H2,22,23,30). The van der Waals surface area contributed by atoms with Crippen molar-refractivity contribution in [2.75, 3.05) is 6.54 Å². The highest BCUT2D eigenvalue weighted by molar-refractivity contribution is 5.73. The average Bonchev–Trinajstić information content (AvgIpc) is 3.40. The molecule has 154 valence electrons. The van der Waals surface area contributed by atoms with Gasteiger partial charge in [-0.15, -0.1) is 10.2 Å². The second-order valence-electron chi connectivity index (χ2n) is 6.64. The molecule has 3 aromatic heterocycles. The zero-order valence-corrected chi connectivity index (χ0v) is 16.1. The number of aryl methyl sites for hydroxylation is 1. The predicted octanol–water partition coefficient (Wildman–Crippen LogP) is 0.795. The first kappa shape index (κ1) is 19.3. The van der Waals surface area contributed by atoms with E-state index in [1.54, 1.807) is 52.9 Å². The lowest BCUT2D eigenvalue weighted by molar-refractivity contribution is 0.240. The molecule has 0 aliphatic rings. The number of imidazole rings is 1. The number of aromatic nitrogens is 6. The molecule has 0 bridgehead atoms. The van der Waals surface area contributed by atoms with E-state index in [0.717, 1.165) is 0 Å². The van der Waals surface area contributed by atoms with Gasteiger partial charge >= 0.3 is 6.03 Å². The molecule has 1 aromatic carbocycles. The van der Waals surface area contributed by atoms with Crippen LogP contribution in [0.2, 0.25) is 0 Å². The molecule has 4 rings (SSSR count). The van der Waals surface area contributed by atoms with Crippen molar-refractivity contribution in [3.05, 3.63) is 76.9 Å². The van der Waals surface area contributed by atoms with E-state index >= 15 is 0 Å². The molecule has 0 aliphatic heterocycles. The third-order valence-electron chi connectivity index (χ3n) is 4.60. The number of urea groups is 1. The molecule has 0 radical (unpaired) electrons. The van der Waals surface area contributed by atoms with E-state index in [0.29, 0.717) is 30.0 Å². The number of fused-ring (bicyclic) bond motifs is 1. The molecule has 10 nitrogen and oxygen atoms in total. The van der Waals surface area contributed by atoms with E-state index in [1.807, 2.05) is 0 Å². The molecule has 0 saturated carbocycles. The highest BCUT2D eigenvalue weighted by Gasteiger charge is 2.10. The Morgan fingerprint density at radius 1 is 1.17 bits per heavy atom. The summed E-state index contributed by atoms with van der Waals surface area (Å²) in [7, 11) is 1.64. The summed E-state index contributed by atoms with van der Waals surface area (Å²) in [6.07, 6.45) is 8.46. The summed E-state index contributed by atoms with van der Waals surface area (Å²) in [5, 5.41) is 13.3. The molecule has 2 N–H and O–H groups in total. The highest BCUT2D eigenvalue weighted by atomic mass is 19.1. The van der Waals surface area contributed by atoms with Crippen LogP contribution in [0.25, 0.3) is 11.3 Å². The average molecular weight is 410 g/mol. The molecule has 0 aliphatic carbocycles. The van der Waals surface area contributed by atoms with Gasteiger partial charge in [-0.25, -0.2) is 14.2 Å². The molecule has 0 fully saturated rings. The van der Waals surface area contributed by atoms with E-state index in [4.69, 9.17) is 0 Å². The van der Waals surface area contributed by atoms with Crippen LogP contribution >= 0.6 is 0 Å². The molecule has 30 heavy (non-hydrogen) atoms.